The number of thiophene rings is 1. The second-order valence-corrected chi connectivity index (χ2v) is 8.10. The van der Waals surface area contributed by atoms with Gasteiger partial charge in [0.05, 0.1) is 12.1 Å². The van der Waals surface area contributed by atoms with E-state index < -0.39 is 5.91 Å². The van der Waals surface area contributed by atoms with Gasteiger partial charge in [0.25, 0.3) is 5.91 Å². The summed E-state index contributed by atoms with van der Waals surface area (Å²) < 4.78 is 5.58. The van der Waals surface area contributed by atoms with Crippen molar-refractivity contribution in [1.82, 2.24) is 0 Å². The van der Waals surface area contributed by atoms with Crippen LogP contribution in [-0.4, -0.2) is 13.0 Å². The second kappa shape index (κ2) is 5.63. The zero-order valence-electron chi connectivity index (χ0n) is 14.7. The Hall–Kier alpha value is -2.27. The molecule has 1 aliphatic heterocycles. The Morgan fingerprint density at radius 3 is 2.72 bits per heavy atom. The third kappa shape index (κ3) is 2.45. The lowest BCUT2D eigenvalue weighted by Gasteiger charge is -2.33. The number of amides is 1. The highest BCUT2D eigenvalue weighted by Gasteiger charge is 2.47. The molecule has 25 heavy (non-hydrogen) atoms. The van der Waals surface area contributed by atoms with Gasteiger partial charge in [0.15, 0.2) is 0 Å². The number of anilines is 1. The van der Waals surface area contributed by atoms with Crippen molar-refractivity contribution in [2.75, 3.05) is 12.4 Å². The molecule has 1 unspecified atom stereocenters. The van der Waals surface area contributed by atoms with Crippen LogP contribution in [0.1, 0.15) is 41.9 Å². The first-order valence-electron chi connectivity index (χ1n) is 8.52. The van der Waals surface area contributed by atoms with Crippen molar-refractivity contribution in [3.8, 4) is 16.9 Å². The van der Waals surface area contributed by atoms with E-state index in [4.69, 9.17) is 10.5 Å². The van der Waals surface area contributed by atoms with Crippen LogP contribution in [0.5, 0.6) is 5.75 Å². The molecule has 1 atom stereocenters. The number of primary amides is 1. The van der Waals surface area contributed by atoms with E-state index in [1.165, 1.54) is 29.7 Å². The fraction of sp³-hybridized carbons (Fsp3) is 0.350. The van der Waals surface area contributed by atoms with Crippen molar-refractivity contribution in [2.45, 2.75) is 32.1 Å². The maximum atomic E-state index is 12.2. The van der Waals surface area contributed by atoms with E-state index in [-0.39, 0.29) is 5.41 Å². The van der Waals surface area contributed by atoms with Crippen LogP contribution >= 0.6 is 11.3 Å². The van der Waals surface area contributed by atoms with Crippen LogP contribution in [0.3, 0.4) is 0 Å². The summed E-state index contributed by atoms with van der Waals surface area (Å²) in [6.07, 6.45) is 4.74. The average Bonchev–Trinajstić information content (AvgIpc) is 3.36. The van der Waals surface area contributed by atoms with E-state index in [1.54, 1.807) is 7.11 Å². The van der Waals surface area contributed by atoms with Crippen LogP contribution in [0, 0.1) is 5.92 Å². The summed E-state index contributed by atoms with van der Waals surface area (Å²) in [6, 6.07) is 7.84. The molecular weight excluding hydrogens is 332 g/mol. The van der Waals surface area contributed by atoms with E-state index in [0.29, 0.717) is 10.8 Å². The van der Waals surface area contributed by atoms with E-state index in [2.05, 4.69) is 25.2 Å². The number of nitrogens with one attached hydrogen (secondary N) is 1. The summed E-state index contributed by atoms with van der Waals surface area (Å²) in [6.45, 7) is 4.36. The lowest BCUT2D eigenvalue weighted by atomic mass is 9.73. The normalized spacial score (nSPS) is 22.0. The van der Waals surface area contributed by atoms with Gasteiger partial charge < -0.3 is 15.8 Å². The molecule has 1 aromatic carbocycles. The number of rotatable bonds is 4. The first-order valence-corrected chi connectivity index (χ1v) is 9.34. The van der Waals surface area contributed by atoms with Crippen LogP contribution in [0.15, 0.2) is 36.0 Å². The number of ether oxygens (including phenoxy) is 1. The molecule has 0 saturated heterocycles. The molecule has 1 fully saturated rings. The molecule has 1 saturated carbocycles. The molecule has 0 bridgehead atoms. The Balaban J connectivity index is 2.04. The van der Waals surface area contributed by atoms with Crippen LogP contribution in [0.25, 0.3) is 11.1 Å². The standard InChI is InChI=1S/C20H22N2O2S/c1-11-10-20(2,12-8-9-12)16-15(13-6-4-5-7-14(13)24-3)17(18(21)23)25-19(16)22-11/h4-7,10,12,22H,8-9H2,1-3H3,(H2,21,23). The Kier molecular flexibility index (Phi) is 3.65. The predicted molar refractivity (Wildman–Crippen MR) is 102 cm³/mol. The van der Waals surface area contributed by atoms with Gasteiger partial charge in [-0.15, -0.1) is 11.3 Å². The average molecular weight is 354 g/mol. The largest absolute Gasteiger partial charge is 0.496 e. The predicted octanol–water partition coefficient (Wildman–Crippen LogP) is 4.52. The van der Waals surface area contributed by atoms with Crippen molar-refractivity contribution in [3.63, 3.8) is 0 Å². The van der Waals surface area contributed by atoms with Gasteiger partial charge in [-0.2, -0.15) is 0 Å². The van der Waals surface area contributed by atoms with Gasteiger partial charge in [-0.3, -0.25) is 4.79 Å². The lowest BCUT2D eigenvalue weighted by molar-refractivity contribution is 0.100. The summed E-state index contributed by atoms with van der Waals surface area (Å²) >= 11 is 1.45. The highest BCUT2D eigenvalue weighted by molar-refractivity contribution is 7.18. The molecule has 4 rings (SSSR count). The molecule has 1 amide bonds. The van der Waals surface area contributed by atoms with Crippen molar-refractivity contribution < 1.29 is 9.53 Å². The Labute approximate surface area is 151 Å². The minimum absolute atomic E-state index is 0.0922. The number of carbonyl (C=O) groups excluding carboxylic acids is 1. The molecule has 4 nitrogen and oxygen atoms in total. The number of para-hydroxylation sites is 1. The third-order valence-electron chi connectivity index (χ3n) is 5.30. The number of hydrogen-bond acceptors (Lipinski definition) is 4. The number of carbonyl (C=O) groups is 1. The number of hydrogen-bond donors (Lipinski definition) is 2. The summed E-state index contributed by atoms with van der Waals surface area (Å²) in [5.41, 5.74) is 9.83. The summed E-state index contributed by atoms with van der Waals surface area (Å²) in [5.74, 6) is 0.972. The minimum atomic E-state index is -0.391. The Morgan fingerprint density at radius 1 is 1.36 bits per heavy atom. The molecule has 1 aliphatic carbocycles. The molecule has 2 aromatic rings. The van der Waals surface area contributed by atoms with Crippen LogP contribution < -0.4 is 15.8 Å². The molecule has 130 valence electrons. The van der Waals surface area contributed by atoms with E-state index in [9.17, 15) is 4.79 Å². The Morgan fingerprint density at radius 2 is 2.08 bits per heavy atom. The molecular formula is C20H22N2O2S. The maximum absolute atomic E-state index is 12.2. The second-order valence-electron chi connectivity index (χ2n) is 7.08. The molecule has 0 radical (unpaired) electrons. The number of benzene rings is 1. The zero-order valence-corrected chi connectivity index (χ0v) is 15.5. The maximum Gasteiger partial charge on any atom is 0.259 e. The lowest BCUT2D eigenvalue weighted by Crippen LogP contribution is -2.28. The van der Waals surface area contributed by atoms with Crippen molar-refractivity contribution in [1.29, 1.82) is 0 Å². The van der Waals surface area contributed by atoms with Crippen LogP contribution in [0.4, 0.5) is 5.00 Å². The third-order valence-corrected chi connectivity index (χ3v) is 6.42. The topological polar surface area (TPSA) is 64.3 Å². The van der Waals surface area contributed by atoms with E-state index in [1.807, 2.05) is 24.3 Å². The first-order chi connectivity index (χ1) is 12.0. The summed E-state index contributed by atoms with van der Waals surface area (Å²) in [5, 5.41) is 4.48. The molecule has 5 heteroatoms. The van der Waals surface area contributed by atoms with Crippen LogP contribution in [0.2, 0.25) is 0 Å². The summed E-state index contributed by atoms with van der Waals surface area (Å²) in [4.78, 5) is 12.8. The van der Waals surface area contributed by atoms with Crippen molar-refractivity contribution in [2.24, 2.45) is 11.7 Å². The monoisotopic (exact) mass is 354 g/mol. The first kappa shape index (κ1) is 16.2. The number of nitrogens with two attached hydrogens (primary N) is 1. The highest BCUT2D eigenvalue weighted by Crippen LogP contribution is 2.58. The van der Waals surface area contributed by atoms with Gasteiger partial charge in [-0.05, 0) is 31.7 Å². The van der Waals surface area contributed by atoms with Gasteiger partial charge in [0.1, 0.15) is 10.6 Å². The van der Waals surface area contributed by atoms with E-state index >= 15 is 0 Å². The minimum Gasteiger partial charge on any atom is -0.496 e. The van der Waals surface area contributed by atoms with Gasteiger partial charge >= 0.3 is 0 Å². The molecule has 2 aliphatic rings. The van der Waals surface area contributed by atoms with Crippen LogP contribution in [-0.2, 0) is 5.41 Å². The van der Waals surface area contributed by atoms with Gasteiger partial charge in [0, 0.05) is 27.8 Å². The van der Waals surface area contributed by atoms with Crippen molar-refractivity contribution >= 4 is 22.2 Å². The molecule has 3 N–H and O–H groups in total. The Bertz CT molecular complexity index is 895. The highest BCUT2D eigenvalue weighted by atomic mass is 32.1. The SMILES string of the molecule is COc1ccccc1-c1c(C(N)=O)sc2c1C(C)(C1CC1)C=C(C)N2. The number of fused-ring (bicyclic) bond motifs is 1. The summed E-state index contributed by atoms with van der Waals surface area (Å²) in [7, 11) is 1.66. The smallest absolute Gasteiger partial charge is 0.259 e. The quantitative estimate of drug-likeness (QED) is 0.848. The zero-order chi connectivity index (χ0) is 17.8. The molecule has 1 aromatic heterocycles. The molecule has 0 spiro atoms. The van der Waals surface area contributed by atoms with Crippen molar-refractivity contribution in [3.05, 3.63) is 46.5 Å². The van der Waals surface area contributed by atoms with Gasteiger partial charge in [-0.25, -0.2) is 0 Å². The fourth-order valence-corrected chi connectivity index (χ4v) is 5.31. The van der Waals surface area contributed by atoms with Gasteiger partial charge in [0.2, 0.25) is 0 Å². The molecule has 2 heterocycles. The van der Waals surface area contributed by atoms with E-state index in [0.717, 1.165) is 27.6 Å². The number of methoxy groups -OCH3 is 1. The fourth-order valence-electron chi connectivity index (χ4n) is 4.06. The van der Waals surface area contributed by atoms with Gasteiger partial charge in [-0.1, -0.05) is 31.2 Å². The number of allylic oxidation sites excluding steroid dienone is 2.